The lowest BCUT2D eigenvalue weighted by Gasteiger charge is -2.51. The van der Waals surface area contributed by atoms with Gasteiger partial charge >= 0.3 is 12.4 Å². The average molecular weight is 449 g/mol. The zero-order chi connectivity index (χ0) is 24.0. The van der Waals surface area contributed by atoms with Gasteiger partial charge in [-0.25, -0.2) is 0 Å². The Morgan fingerprint density at radius 2 is 0.900 bits per heavy atom. The van der Waals surface area contributed by atoms with Gasteiger partial charge in [0.1, 0.15) is 0 Å². The van der Waals surface area contributed by atoms with Gasteiger partial charge in [0.15, 0.2) is 5.41 Å². The highest BCUT2D eigenvalue weighted by Crippen LogP contribution is 2.64. The highest BCUT2D eigenvalue weighted by Gasteiger charge is 2.76. The van der Waals surface area contributed by atoms with E-state index in [9.17, 15) is 26.3 Å². The van der Waals surface area contributed by atoms with Crippen LogP contribution in [-0.2, 0) is 0 Å². The fourth-order valence-electron chi connectivity index (χ4n) is 5.00. The SMILES string of the molecule is CC.CC.CCC.CCC1CCC(C(C2CCCCC2)(C(F)(F)F)C(F)(F)F)CC1. The molecule has 0 aliphatic heterocycles. The van der Waals surface area contributed by atoms with Crippen molar-refractivity contribution in [2.45, 2.75) is 131 Å². The Morgan fingerprint density at radius 1 is 0.567 bits per heavy atom. The van der Waals surface area contributed by atoms with Crippen LogP contribution in [0.3, 0.4) is 0 Å². The van der Waals surface area contributed by atoms with Crippen LogP contribution in [0.4, 0.5) is 26.3 Å². The minimum Gasteiger partial charge on any atom is -0.170 e. The summed E-state index contributed by atoms with van der Waals surface area (Å²) in [5.74, 6) is -2.34. The molecule has 0 atom stereocenters. The monoisotopic (exact) mass is 448 g/mol. The molecule has 0 unspecified atom stereocenters. The highest BCUT2D eigenvalue weighted by molar-refractivity contribution is 5.04. The van der Waals surface area contributed by atoms with Crippen LogP contribution < -0.4 is 0 Å². The summed E-state index contributed by atoms with van der Waals surface area (Å²) in [6, 6.07) is 0. The van der Waals surface area contributed by atoms with Crippen molar-refractivity contribution in [1.82, 2.24) is 0 Å². The van der Waals surface area contributed by atoms with Crippen molar-refractivity contribution in [3.05, 3.63) is 0 Å². The maximum atomic E-state index is 13.9. The van der Waals surface area contributed by atoms with Crippen molar-refractivity contribution < 1.29 is 26.3 Å². The first-order chi connectivity index (χ1) is 14.1. The van der Waals surface area contributed by atoms with E-state index in [0.717, 1.165) is 12.8 Å². The van der Waals surface area contributed by atoms with Gasteiger partial charge in [0.05, 0.1) is 0 Å². The van der Waals surface area contributed by atoms with Gasteiger partial charge in [0, 0.05) is 0 Å². The molecule has 2 rings (SSSR count). The summed E-state index contributed by atoms with van der Waals surface area (Å²) in [5, 5.41) is 0. The lowest BCUT2D eigenvalue weighted by atomic mass is 9.57. The summed E-state index contributed by atoms with van der Waals surface area (Å²) in [4.78, 5) is 0. The van der Waals surface area contributed by atoms with Gasteiger partial charge in [-0.05, 0) is 43.4 Å². The molecule has 0 radical (unpaired) electrons. The lowest BCUT2D eigenvalue weighted by Crippen LogP contribution is -2.60. The Bertz CT molecular complexity index is 371. The Morgan fingerprint density at radius 3 is 1.20 bits per heavy atom. The molecule has 0 nitrogen and oxygen atoms in total. The van der Waals surface area contributed by atoms with Crippen LogP contribution in [-0.4, -0.2) is 12.4 Å². The summed E-state index contributed by atoms with van der Waals surface area (Å²) in [6.45, 7) is 14.2. The van der Waals surface area contributed by atoms with Gasteiger partial charge in [-0.15, -0.1) is 0 Å². The lowest BCUT2D eigenvalue weighted by molar-refractivity contribution is -0.382. The van der Waals surface area contributed by atoms with Crippen LogP contribution in [0.15, 0.2) is 0 Å². The van der Waals surface area contributed by atoms with E-state index < -0.39 is 29.6 Å². The van der Waals surface area contributed by atoms with E-state index in [1.807, 2.05) is 34.6 Å². The van der Waals surface area contributed by atoms with Crippen molar-refractivity contribution in [2.75, 3.05) is 0 Å². The number of rotatable bonds is 3. The van der Waals surface area contributed by atoms with Crippen LogP contribution in [0, 0.1) is 23.2 Å². The third-order valence-electron chi connectivity index (χ3n) is 6.26. The van der Waals surface area contributed by atoms with Crippen LogP contribution in [0.5, 0.6) is 0 Å². The molecule has 2 aliphatic rings. The summed E-state index contributed by atoms with van der Waals surface area (Å²) in [5.41, 5.74) is -3.50. The highest BCUT2D eigenvalue weighted by atomic mass is 19.4. The molecule has 2 saturated carbocycles. The maximum absolute atomic E-state index is 13.9. The van der Waals surface area contributed by atoms with Crippen LogP contribution in [0.2, 0.25) is 0 Å². The third kappa shape index (κ3) is 7.93. The second-order valence-electron chi connectivity index (χ2n) is 8.03. The molecule has 0 aromatic carbocycles. The molecule has 0 aromatic heterocycles. The topological polar surface area (TPSA) is 0 Å². The number of hydrogen-bond donors (Lipinski definition) is 0. The fraction of sp³-hybridized carbons (Fsp3) is 1.00. The second kappa shape index (κ2) is 15.4. The molecule has 184 valence electrons. The fourth-order valence-corrected chi connectivity index (χ4v) is 5.00. The molecule has 6 heteroatoms. The summed E-state index contributed by atoms with van der Waals surface area (Å²) in [7, 11) is 0. The average Bonchev–Trinajstić information content (AvgIpc) is 2.71. The van der Waals surface area contributed by atoms with E-state index in [4.69, 9.17) is 0 Å². The number of halogens is 6. The number of alkyl halides is 6. The molecule has 0 spiro atoms. The molecule has 0 saturated heterocycles. The summed E-state index contributed by atoms with van der Waals surface area (Å²) >= 11 is 0. The Balaban J connectivity index is 0. The normalized spacial score (nSPS) is 23.1. The van der Waals surface area contributed by atoms with E-state index in [1.165, 1.54) is 6.42 Å². The zero-order valence-corrected chi connectivity index (χ0v) is 20.3. The largest absolute Gasteiger partial charge is 0.403 e. The summed E-state index contributed by atoms with van der Waals surface area (Å²) < 4.78 is 83.4. The van der Waals surface area contributed by atoms with Crippen molar-refractivity contribution >= 4 is 0 Å². The first kappa shape index (κ1) is 31.8. The smallest absolute Gasteiger partial charge is 0.170 e. The minimum absolute atomic E-state index is 0.0483. The molecule has 30 heavy (non-hydrogen) atoms. The number of hydrogen-bond acceptors (Lipinski definition) is 0. The predicted octanol–water partition coefficient (Wildman–Crippen LogP) is 10.4. The van der Waals surface area contributed by atoms with Crippen molar-refractivity contribution in [3.8, 4) is 0 Å². The Labute approximate surface area is 181 Å². The van der Waals surface area contributed by atoms with Crippen LogP contribution in [0.1, 0.15) is 119 Å². The van der Waals surface area contributed by atoms with Crippen molar-refractivity contribution in [1.29, 1.82) is 0 Å². The van der Waals surface area contributed by atoms with E-state index in [-0.39, 0.29) is 31.6 Å². The molecule has 0 N–H and O–H groups in total. The van der Waals surface area contributed by atoms with Crippen molar-refractivity contribution in [2.24, 2.45) is 23.2 Å². The molecule has 2 aliphatic carbocycles. The standard InChI is InChI=1S/C17H26F6.C3H8.2C2H6/c1-2-12-8-10-14(11-9-12)15(16(18,19)20,17(21,22)23)13-6-4-3-5-7-13;1-3-2;2*1-2/h12-14H,2-11H2,1H3;3H2,1-2H3;2*1-2H3. The minimum atomic E-state index is -5.23. The zero-order valence-electron chi connectivity index (χ0n) is 20.3. The van der Waals surface area contributed by atoms with Gasteiger partial charge in [-0.2, -0.15) is 26.3 Å². The molecular weight excluding hydrogens is 402 g/mol. The van der Waals surface area contributed by atoms with Gasteiger partial charge < -0.3 is 0 Å². The van der Waals surface area contributed by atoms with E-state index in [2.05, 4.69) is 13.8 Å². The van der Waals surface area contributed by atoms with Gasteiger partial charge in [0.25, 0.3) is 0 Å². The molecule has 0 aromatic rings. The van der Waals surface area contributed by atoms with E-state index in [0.29, 0.717) is 25.7 Å². The summed E-state index contributed by atoms with van der Waals surface area (Å²) in [6.07, 6.45) is -5.50. The van der Waals surface area contributed by atoms with Crippen LogP contribution >= 0.6 is 0 Å². The van der Waals surface area contributed by atoms with Gasteiger partial charge in [-0.3, -0.25) is 0 Å². The molecule has 0 bridgehead atoms. The van der Waals surface area contributed by atoms with Gasteiger partial charge in [-0.1, -0.05) is 93.4 Å². The quantitative estimate of drug-likeness (QED) is 0.377. The molecule has 0 amide bonds. The van der Waals surface area contributed by atoms with E-state index in [1.54, 1.807) is 0 Å². The maximum Gasteiger partial charge on any atom is 0.403 e. The first-order valence-corrected chi connectivity index (χ1v) is 12.2. The first-order valence-electron chi connectivity index (χ1n) is 12.2. The molecule has 0 heterocycles. The van der Waals surface area contributed by atoms with Crippen molar-refractivity contribution in [3.63, 3.8) is 0 Å². The van der Waals surface area contributed by atoms with Crippen LogP contribution in [0.25, 0.3) is 0 Å². The molecule has 2 fully saturated rings. The molecular formula is C24H46F6. The predicted molar refractivity (Wildman–Crippen MR) is 116 cm³/mol. The Kier molecular flexibility index (Phi) is 16.3. The van der Waals surface area contributed by atoms with E-state index >= 15 is 0 Å². The second-order valence-corrected chi connectivity index (χ2v) is 8.03. The van der Waals surface area contributed by atoms with Gasteiger partial charge in [0.2, 0.25) is 0 Å². The third-order valence-corrected chi connectivity index (χ3v) is 6.26. The Hall–Kier alpha value is -0.420.